The second kappa shape index (κ2) is 2.55. The number of amides is 3. The maximum atomic E-state index is 11.5. The van der Waals surface area contributed by atoms with Gasteiger partial charge in [-0.1, -0.05) is 0 Å². The molecule has 0 bridgehead atoms. The van der Waals surface area contributed by atoms with Crippen molar-refractivity contribution in [1.82, 2.24) is 10.6 Å². The molecule has 13 heavy (non-hydrogen) atoms. The van der Waals surface area contributed by atoms with Crippen LogP contribution in [-0.4, -0.2) is 24.3 Å². The first kappa shape index (κ1) is 8.22. The number of carbonyl (C=O) groups is 3. The molecule has 2 fully saturated rings. The topological polar surface area (TPSA) is 75.3 Å². The van der Waals surface area contributed by atoms with E-state index in [4.69, 9.17) is 0 Å². The van der Waals surface area contributed by atoms with Crippen LogP contribution in [-0.2, 0) is 14.4 Å². The van der Waals surface area contributed by atoms with Crippen LogP contribution >= 0.6 is 0 Å². The van der Waals surface area contributed by atoms with Crippen molar-refractivity contribution in [3.8, 4) is 0 Å². The lowest BCUT2D eigenvalue weighted by Gasteiger charge is -2.29. The summed E-state index contributed by atoms with van der Waals surface area (Å²) in [7, 11) is 0. The lowest BCUT2D eigenvalue weighted by atomic mass is 9.79. The second-order valence-electron chi connectivity index (χ2n) is 3.61. The summed E-state index contributed by atoms with van der Waals surface area (Å²) in [5.41, 5.74) is -0.648. The van der Waals surface area contributed by atoms with Gasteiger partial charge in [0.1, 0.15) is 0 Å². The molecule has 0 saturated carbocycles. The summed E-state index contributed by atoms with van der Waals surface area (Å²) >= 11 is 0. The Morgan fingerprint density at radius 3 is 2.46 bits per heavy atom. The van der Waals surface area contributed by atoms with Gasteiger partial charge in [0.25, 0.3) is 0 Å². The fraction of sp³-hybridized carbons (Fsp3) is 0.625. The predicted molar refractivity (Wildman–Crippen MR) is 42.4 cm³/mol. The van der Waals surface area contributed by atoms with Crippen molar-refractivity contribution in [3.63, 3.8) is 0 Å². The molecule has 0 radical (unpaired) electrons. The zero-order chi connectivity index (χ0) is 9.47. The summed E-state index contributed by atoms with van der Waals surface area (Å²) in [6.07, 6.45) is 1.03. The van der Waals surface area contributed by atoms with Gasteiger partial charge in [0.2, 0.25) is 17.7 Å². The van der Waals surface area contributed by atoms with Gasteiger partial charge in [0.15, 0.2) is 0 Å². The molecule has 0 aromatic carbocycles. The zero-order valence-electron chi connectivity index (χ0n) is 7.05. The molecule has 0 unspecified atom stereocenters. The molecule has 70 valence electrons. The van der Waals surface area contributed by atoms with E-state index >= 15 is 0 Å². The minimum atomic E-state index is -0.648. The molecule has 0 aliphatic carbocycles. The average Bonchev–Trinajstić information content (AvgIpc) is 2.43. The Bertz CT molecular complexity index is 300. The highest BCUT2D eigenvalue weighted by Crippen LogP contribution is 2.34. The van der Waals surface area contributed by atoms with Gasteiger partial charge in [-0.15, -0.1) is 0 Å². The van der Waals surface area contributed by atoms with E-state index in [1.165, 1.54) is 0 Å². The molecule has 5 nitrogen and oxygen atoms in total. The Morgan fingerprint density at radius 1 is 1.15 bits per heavy atom. The molecule has 2 aliphatic rings. The molecule has 2 rings (SSSR count). The quantitative estimate of drug-likeness (QED) is 0.468. The van der Waals surface area contributed by atoms with Gasteiger partial charge < -0.3 is 5.32 Å². The van der Waals surface area contributed by atoms with Crippen LogP contribution in [0.25, 0.3) is 0 Å². The number of piperidine rings is 1. The van der Waals surface area contributed by atoms with Crippen molar-refractivity contribution in [2.24, 2.45) is 5.41 Å². The molecule has 3 amide bonds. The highest BCUT2D eigenvalue weighted by Gasteiger charge is 2.47. The van der Waals surface area contributed by atoms with Gasteiger partial charge in [0.05, 0.1) is 5.41 Å². The van der Waals surface area contributed by atoms with Gasteiger partial charge in [-0.3, -0.25) is 19.7 Å². The number of hydrogen-bond donors (Lipinski definition) is 2. The summed E-state index contributed by atoms with van der Waals surface area (Å²) < 4.78 is 0. The van der Waals surface area contributed by atoms with E-state index < -0.39 is 5.41 Å². The maximum Gasteiger partial charge on any atom is 0.235 e. The molecule has 2 aliphatic heterocycles. The van der Waals surface area contributed by atoms with Crippen LogP contribution in [0.1, 0.15) is 19.3 Å². The van der Waals surface area contributed by atoms with Crippen molar-refractivity contribution in [2.45, 2.75) is 19.3 Å². The number of carbonyl (C=O) groups excluding carboxylic acids is 3. The summed E-state index contributed by atoms with van der Waals surface area (Å²) in [5.74, 6) is -0.651. The zero-order valence-corrected chi connectivity index (χ0v) is 7.05. The van der Waals surface area contributed by atoms with Crippen molar-refractivity contribution in [1.29, 1.82) is 0 Å². The van der Waals surface area contributed by atoms with Crippen molar-refractivity contribution in [3.05, 3.63) is 0 Å². The maximum absolute atomic E-state index is 11.5. The van der Waals surface area contributed by atoms with Gasteiger partial charge >= 0.3 is 0 Å². The van der Waals surface area contributed by atoms with Crippen LogP contribution < -0.4 is 10.6 Å². The van der Waals surface area contributed by atoms with Crippen LogP contribution in [0, 0.1) is 5.41 Å². The third-order valence-corrected chi connectivity index (χ3v) is 2.69. The summed E-state index contributed by atoms with van der Waals surface area (Å²) in [6, 6.07) is 0. The fourth-order valence-corrected chi connectivity index (χ4v) is 1.83. The highest BCUT2D eigenvalue weighted by molar-refractivity contribution is 6.03. The van der Waals surface area contributed by atoms with Crippen LogP contribution in [0.3, 0.4) is 0 Å². The van der Waals surface area contributed by atoms with Gasteiger partial charge in [0, 0.05) is 19.4 Å². The monoisotopic (exact) mass is 182 g/mol. The molecule has 2 heterocycles. The SMILES string of the molecule is O=C1C[C@]2(CCC(=O)NC2=O)CN1. The Hall–Kier alpha value is -1.39. The van der Waals surface area contributed by atoms with Gasteiger partial charge in [-0.25, -0.2) is 0 Å². The van der Waals surface area contributed by atoms with Crippen molar-refractivity contribution >= 4 is 17.7 Å². The fourth-order valence-electron chi connectivity index (χ4n) is 1.83. The molecule has 2 saturated heterocycles. The van der Waals surface area contributed by atoms with Crippen LogP contribution in [0.5, 0.6) is 0 Å². The standard InChI is InChI=1S/C8H10N2O3/c11-5-1-2-8(7(13)10-5)3-6(12)9-4-8/h1-4H2,(H,9,12)(H,10,11,13)/t8-/m1/s1. The Morgan fingerprint density at radius 2 is 1.92 bits per heavy atom. The molecule has 0 aromatic rings. The summed E-state index contributed by atoms with van der Waals surface area (Å²) in [5, 5.41) is 4.88. The Kier molecular flexibility index (Phi) is 1.61. The van der Waals surface area contributed by atoms with Crippen molar-refractivity contribution in [2.75, 3.05) is 6.54 Å². The molecule has 5 heteroatoms. The molecule has 1 atom stereocenters. The van der Waals surface area contributed by atoms with E-state index in [0.717, 1.165) is 0 Å². The van der Waals surface area contributed by atoms with E-state index in [2.05, 4.69) is 10.6 Å². The largest absolute Gasteiger partial charge is 0.355 e. The van der Waals surface area contributed by atoms with Gasteiger partial charge in [-0.05, 0) is 6.42 Å². The van der Waals surface area contributed by atoms with E-state index in [1.807, 2.05) is 0 Å². The predicted octanol–water partition coefficient (Wildman–Crippen LogP) is -1.07. The van der Waals surface area contributed by atoms with Crippen LogP contribution in [0.15, 0.2) is 0 Å². The minimum Gasteiger partial charge on any atom is -0.355 e. The molecular formula is C8H10N2O3. The molecule has 1 spiro atoms. The highest BCUT2D eigenvalue weighted by atomic mass is 16.2. The number of rotatable bonds is 0. The summed E-state index contributed by atoms with van der Waals surface area (Å²) in [6.45, 7) is 0.366. The van der Waals surface area contributed by atoms with E-state index in [-0.39, 0.29) is 24.1 Å². The Labute approximate surface area is 74.9 Å². The Balaban J connectivity index is 2.19. The second-order valence-corrected chi connectivity index (χ2v) is 3.61. The van der Waals surface area contributed by atoms with Crippen LogP contribution in [0.4, 0.5) is 0 Å². The first-order chi connectivity index (χ1) is 6.12. The third-order valence-electron chi connectivity index (χ3n) is 2.69. The summed E-state index contributed by atoms with van der Waals surface area (Å²) in [4.78, 5) is 33.3. The first-order valence-electron chi connectivity index (χ1n) is 4.23. The lowest BCUT2D eigenvalue weighted by molar-refractivity contribution is -0.142. The van der Waals surface area contributed by atoms with Gasteiger partial charge in [-0.2, -0.15) is 0 Å². The smallest absolute Gasteiger partial charge is 0.235 e. The first-order valence-corrected chi connectivity index (χ1v) is 4.23. The van der Waals surface area contributed by atoms with Crippen LogP contribution in [0.2, 0.25) is 0 Å². The minimum absolute atomic E-state index is 0.107. The third kappa shape index (κ3) is 1.20. The molecule has 0 aromatic heterocycles. The number of hydrogen-bond acceptors (Lipinski definition) is 3. The normalized spacial score (nSPS) is 33.4. The molecular weight excluding hydrogens is 172 g/mol. The number of nitrogens with one attached hydrogen (secondary N) is 2. The van der Waals surface area contributed by atoms with E-state index in [0.29, 0.717) is 19.4 Å². The van der Waals surface area contributed by atoms with Crippen molar-refractivity contribution < 1.29 is 14.4 Å². The van der Waals surface area contributed by atoms with E-state index in [1.54, 1.807) is 0 Å². The lowest BCUT2D eigenvalue weighted by Crippen LogP contribution is -2.49. The van der Waals surface area contributed by atoms with E-state index in [9.17, 15) is 14.4 Å². The average molecular weight is 182 g/mol. The molecule has 2 N–H and O–H groups in total. The number of imide groups is 1.